The highest BCUT2D eigenvalue weighted by molar-refractivity contribution is 5.68. The SMILES string of the molecule is C[n+]1cn(-c2ccccc2)c2ncccc21.[I-]. The highest BCUT2D eigenvalue weighted by atomic mass is 127. The minimum Gasteiger partial charge on any atom is -1.00 e. The van der Waals surface area contributed by atoms with Crippen molar-refractivity contribution < 1.29 is 28.5 Å². The van der Waals surface area contributed by atoms with Gasteiger partial charge in [-0.2, -0.15) is 4.57 Å². The number of nitrogens with zero attached hydrogens (tertiary/aromatic N) is 3. The molecule has 3 rings (SSSR count). The van der Waals surface area contributed by atoms with Crippen molar-refractivity contribution in [3.05, 3.63) is 55.0 Å². The van der Waals surface area contributed by atoms with Crippen LogP contribution in [-0.4, -0.2) is 9.55 Å². The van der Waals surface area contributed by atoms with Crippen molar-refractivity contribution in [3.63, 3.8) is 0 Å². The summed E-state index contributed by atoms with van der Waals surface area (Å²) in [5, 5.41) is 0. The fraction of sp³-hybridized carbons (Fsp3) is 0.0769. The molecular formula is C13H12IN3. The molecule has 4 heteroatoms. The number of pyridine rings is 1. The monoisotopic (exact) mass is 337 g/mol. The van der Waals surface area contributed by atoms with Gasteiger partial charge in [0.05, 0.1) is 7.05 Å². The van der Waals surface area contributed by atoms with E-state index in [2.05, 4.69) is 32.3 Å². The Morgan fingerprint density at radius 1 is 1.06 bits per heavy atom. The Bertz CT molecular complexity index is 631. The summed E-state index contributed by atoms with van der Waals surface area (Å²) >= 11 is 0. The van der Waals surface area contributed by atoms with E-state index in [0.717, 1.165) is 16.9 Å². The molecule has 86 valence electrons. The minimum atomic E-state index is 0. The Morgan fingerprint density at radius 3 is 2.59 bits per heavy atom. The van der Waals surface area contributed by atoms with Gasteiger partial charge in [0.15, 0.2) is 5.52 Å². The molecule has 17 heavy (non-hydrogen) atoms. The van der Waals surface area contributed by atoms with E-state index in [1.54, 1.807) is 0 Å². The molecule has 0 radical (unpaired) electrons. The summed E-state index contributed by atoms with van der Waals surface area (Å²) < 4.78 is 4.17. The lowest BCUT2D eigenvalue weighted by atomic mass is 10.3. The number of rotatable bonds is 1. The van der Waals surface area contributed by atoms with Crippen molar-refractivity contribution in [2.75, 3.05) is 0 Å². The van der Waals surface area contributed by atoms with Crippen LogP contribution in [-0.2, 0) is 7.05 Å². The van der Waals surface area contributed by atoms with Crippen LogP contribution in [0.4, 0.5) is 0 Å². The van der Waals surface area contributed by atoms with Crippen LogP contribution >= 0.6 is 0 Å². The Balaban J connectivity index is 0.00000108. The lowest BCUT2D eigenvalue weighted by Crippen LogP contribution is -3.00. The fourth-order valence-electron chi connectivity index (χ4n) is 1.92. The zero-order valence-corrected chi connectivity index (χ0v) is 11.6. The van der Waals surface area contributed by atoms with Gasteiger partial charge in [-0.25, -0.2) is 9.55 Å². The van der Waals surface area contributed by atoms with Crippen LogP contribution < -0.4 is 28.5 Å². The first-order chi connectivity index (χ1) is 7.86. The molecule has 0 spiro atoms. The Kier molecular flexibility index (Phi) is 3.42. The highest BCUT2D eigenvalue weighted by Gasteiger charge is 2.14. The van der Waals surface area contributed by atoms with Gasteiger partial charge in [-0.15, -0.1) is 0 Å². The number of para-hydroxylation sites is 1. The Morgan fingerprint density at radius 2 is 1.82 bits per heavy atom. The number of benzene rings is 1. The van der Waals surface area contributed by atoms with E-state index in [0.29, 0.717) is 0 Å². The zero-order chi connectivity index (χ0) is 11.0. The first-order valence-corrected chi connectivity index (χ1v) is 5.23. The molecule has 3 aromatic rings. The van der Waals surface area contributed by atoms with E-state index >= 15 is 0 Å². The summed E-state index contributed by atoms with van der Waals surface area (Å²) in [5.74, 6) is 0. The van der Waals surface area contributed by atoms with Crippen LogP contribution in [0.5, 0.6) is 0 Å². The molecule has 0 aliphatic rings. The smallest absolute Gasteiger partial charge is 0.273 e. The first-order valence-electron chi connectivity index (χ1n) is 5.23. The predicted molar refractivity (Wildman–Crippen MR) is 62.2 cm³/mol. The topological polar surface area (TPSA) is 21.7 Å². The van der Waals surface area contributed by atoms with Crippen molar-refractivity contribution >= 4 is 11.2 Å². The van der Waals surface area contributed by atoms with E-state index in [9.17, 15) is 0 Å². The number of halogens is 1. The van der Waals surface area contributed by atoms with Crippen LogP contribution in [0.15, 0.2) is 55.0 Å². The van der Waals surface area contributed by atoms with Crippen LogP contribution in [0.25, 0.3) is 16.9 Å². The zero-order valence-electron chi connectivity index (χ0n) is 9.42. The molecule has 1 aromatic carbocycles. The molecule has 0 amide bonds. The van der Waals surface area contributed by atoms with E-state index in [1.165, 1.54) is 0 Å². The number of aromatic nitrogens is 3. The minimum absolute atomic E-state index is 0. The maximum absolute atomic E-state index is 4.42. The number of aryl methyl sites for hydroxylation is 1. The maximum Gasteiger partial charge on any atom is 0.273 e. The van der Waals surface area contributed by atoms with Crippen LogP contribution in [0.3, 0.4) is 0 Å². The molecule has 2 heterocycles. The average Bonchev–Trinajstić information content (AvgIpc) is 2.69. The third kappa shape index (κ3) is 2.04. The summed E-state index contributed by atoms with van der Waals surface area (Å²) in [4.78, 5) is 4.42. The lowest BCUT2D eigenvalue weighted by Gasteiger charge is -1.94. The van der Waals surface area contributed by atoms with Gasteiger partial charge in [0.2, 0.25) is 0 Å². The molecule has 2 aromatic heterocycles. The molecule has 0 bridgehead atoms. The number of imidazole rings is 1. The lowest BCUT2D eigenvalue weighted by molar-refractivity contribution is -0.645. The number of hydrogen-bond acceptors (Lipinski definition) is 1. The van der Waals surface area contributed by atoms with Gasteiger partial charge in [0.1, 0.15) is 5.69 Å². The van der Waals surface area contributed by atoms with Crippen molar-refractivity contribution in [3.8, 4) is 5.69 Å². The van der Waals surface area contributed by atoms with E-state index in [1.807, 2.05) is 43.8 Å². The fourth-order valence-corrected chi connectivity index (χ4v) is 1.92. The molecule has 0 saturated carbocycles. The molecule has 0 N–H and O–H groups in total. The summed E-state index contributed by atoms with van der Waals surface area (Å²) in [6.07, 6.45) is 3.87. The van der Waals surface area contributed by atoms with E-state index < -0.39 is 0 Å². The highest BCUT2D eigenvalue weighted by Crippen LogP contribution is 2.13. The van der Waals surface area contributed by atoms with Crippen molar-refractivity contribution in [2.45, 2.75) is 0 Å². The van der Waals surface area contributed by atoms with Crippen molar-refractivity contribution in [1.82, 2.24) is 9.55 Å². The van der Waals surface area contributed by atoms with Gasteiger partial charge >= 0.3 is 0 Å². The molecule has 0 atom stereocenters. The average molecular weight is 337 g/mol. The third-order valence-corrected chi connectivity index (χ3v) is 2.70. The van der Waals surface area contributed by atoms with Crippen molar-refractivity contribution in [1.29, 1.82) is 0 Å². The summed E-state index contributed by atoms with van der Waals surface area (Å²) in [6.45, 7) is 0. The Hall–Kier alpha value is -1.43. The first kappa shape index (κ1) is 12.0. The third-order valence-electron chi connectivity index (χ3n) is 2.70. The maximum atomic E-state index is 4.42. The summed E-state index contributed by atoms with van der Waals surface area (Å²) in [6, 6.07) is 14.3. The van der Waals surface area contributed by atoms with Gasteiger partial charge in [0.25, 0.3) is 12.0 Å². The normalized spacial score (nSPS) is 10.2. The number of fused-ring (bicyclic) bond motifs is 1. The molecule has 0 aliphatic heterocycles. The number of hydrogen-bond donors (Lipinski definition) is 0. The Labute approximate surface area is 117 Å². The molecule has 0 aliphatic carbocycles. The molecule has 0 saturated heterocycles. The summed E-state index contributed by atoms with van der Waals surface area (Å²) in [5.41, 5.74) is 3.24. The van der Waals surface area contributed by atoms with Gasteiger partial charge in [-0.1, -0.05) is 18.2 Å². The second-order valence-corrected chi connectivity index (χ2v) is 3.78. The van der Waals surface area contributed by atoms with Crippen LogP contribution in [0.1, 0.15) is 0 Å². The summed E-state index contributed by atoms with van der Waals surface area (Å²) in [7, 11) is 2.03. The molecule has 0 fully saturated rings. The van der Waals surface area contributed by atoms with E-state index in [4.69, 9.17) is 0 Å². The van der Waals surface area contributed by atoms with Crippen LogP contribution in [0, 0.1) is 0 Å². The predicted octanol–water partition coefficient (Wildman–Crippen LogP) is -1.15. The second kappa shape index (κ2) is 4.83. The molecule has 3 nitrogen and oxygen atoms in total. The standard InChI is InChI=1S/C13H12N3.HI/c1-15-10-16(11-6-3-2-4-7-11)13-12(15)8-5-9-14-13;/h2-10H,1H3;1H/q+1;/p-1. The second-order valence-electron chi connectivity index (χ2n) is 3.78. The van der Waals surface area contributed by atoms with E-state index in [-0.39, 0.29) is 24.0 Å². The van der Waals surface area contributed by atoms with Gasteiger partial charge < -0.3 is 24.0 Å². The largest absolute Gasteiger partial charge is 1.00 e. The quantitative estimate of drug-likeness (QED) is 0.406. The van der Waals surface area contributed by atoms with Crippen LogP contribution in [0.2, 0.25) is 0 Å². The molecule has 0 unspecified atom stereocenters. The van der Waals surface area contributed by atoms with Gasteiger partial charge in [0, 0.05) is 6.20 Å². The van der Waals surface area contributed by atoms with Gasteiger partial charge in [-0.3, -0.25) is 0 Å². The van der Waals surface area contributed by atoms with Crippen molar-refractivity contribution in [2.24, 2.45) is 7.05 Å². The van der Waals surface area contributed by atoms with Gasteiger partial charge in [-0.05, 0) is 24.3 Å². The molecular weight excluding hydrogens is 325 g/mol.